The van der Waals surface area contributed by atoms with Gasteiger partial charge in [0.15, 0.2) is 11.6 Å². The molecule has 2 aromatic carbocycles. The first-order chi connectivity index (χ1) is 10.1. The van der Waals surface area contributed by atoms with Gasteiger partial charge in [0.25, 0.3) is 0 Å². The predicted molar refractivity (Wildman–Crippen MR) is 81.9 cm³/mol. The third kappa shape index (κ3) is 3.28. The maximum absolute atomic E-state index is 13.9. The Kier molecular flexibility index (Phi) is 5.04. The van der Waals surface area contributed by atoms with Crippen LogP contribution in [0.25, 0.3) is 0 Å². The van der Waals surface area contributed by atoms with Crippen LogP contribution in [0.15, 0.2) is 36.4 Å². The standard InChI is InChI=1S/C16H17ClFNO2/c1-19-16(10-4-7-14(20-2)13(18)8-10)12-6-5-11(17)9-15(12)21-3/h4-9,16,19H,1-3H3. The molecule has 0 bridgehead atoms. The molecule has 112 valence electrons. The molecule has 0 aliphatic rings. The highest BCUT2D eigenvalue weighted by atomic mass is 35.5. The van der Waals surface area contributed by atoms with Crippen molar-refractivity contribution in [2.75, 3.05) is 21.3 Å². The third-order valence-corrected chi connectivity index (χ3v) is 3.54. The second kappa shape index (κ2) is 6.78. The molecule has 2 rings (SSSR count). The van der Waals surface area contributed by atoms with Gasteiger partial charge in [-0.25, -0.2) is 4.39 Å². The molecule has 1 N–H and O–H groups in total. The fraction of sp³-hybridized carbons (Fsp3) is 0.250. The Morgan fingerprint density at radius 2 is 1.76 bits per heavy atom. The van der Waals surface area contributed by atoms with Crippen LogP contribution in [0.4, 0.5) is 4.39 Å². The van der Waals surface area contributed by atoms with Gasteiger partial charge in [-0.05, 0) is 36.9 Å². The highest BCUT2D eigenvalue weighted by molar-refractivity contribution is 6.30. The van der Waals surface area contributed by atoms with Gasteiger partial charge in [0.05, 0.1) is 20.3 Å². The molecule has 5 heteroatoms. The van der Waals surface area contributed by atoms with E-state index in [4.69, 9.17) is 21.1 Å². The van der Waals surface area contributed by atoms with E-state index in [1.807, 2.05) is 12.1 Å². The van der Waals surface area contributed by atoms with Crippen molar-refractivity contribution in [1.29, 1.82) is 0 Å². The number of hydrogen-bond acceptors (Lipinski definition) is 3. The van der Waals surface area contributed by atoms with Crippen LogP contribution in [0.2, 0.25) is 5.02 Å². The molecule has 0 saturated heterocycles. The largest absolute Gasteiger partial charge is 0.496 e. The summed E-state index contributed by atoms with van der Waals surface area (Å²) in [5.41, 5.74) is 1.66. The number of methoxy groups -OCH3 is 2. The van der Waals surface area contributed by atoms with Crippen molar-refractivity contribution in [3.05, 3.63) is 58.4 Å². The van der Waals surface area contributed by atoms with Crippen molar-refractivity contribution >= 4 is 11.6 Å². The van der Waals surface area contributed by atoms with Crippen molar-refractivity contribution in [1.82, 2.24) is 5.32 Å². The minimum atomic E-state index is -0.400. The van der Waals surface area contributed by atoms with E-state index >= 15 is 0 Å². The maximum atomic E-state index is 13.9. The Balaban J connectivity index is 2.46. The first kappa shape index (κ1) is 15.6. The highest BCUT2D eigenvalue weighted by Gasteiger charge is 2.18. The summed E-state index contributed by atoms with van der Waals surface area (Å²) < 4.78 is 24.2. The van der Waals surface area contributed by atoms with Gasteiger partial charge in [0.1, 0.15) is 5.75 Å². The molecule has 3 nitrogen and oxygen atoms in total. The molecule has 0 spiro atoms. The lowest BCUT2D eigenvalue weighted by Crippen LogP contribution is -2.18. The SMILES string of the molecule is CNC(c1ccc(OC)c(F)c1)c1ccc(Cl)cc1OC. The van der Waals surface area contributed by atoms with Crippen LogP contribution in [0.5, 0.6) is 11.5 Å². The number of ether oxygens (including phenoxy) is 2. The molecule has 0 aromatic heterocycles. The average molecular weight is 310 g/mol. The van der Waals surface area contributed by atoms with Gasteiger partial charge in [-0.1, -0.05) is 23.7 Å². The van der Waals surface area contributed by atoms with Crippen molar-refractivity contribution in [2.24, 2.45) is 0 Å². The number of benzene rings is 2. The smallest absolute Gasteiger partial charge is 0.165 e. The van der Waals surface area contributed by atoms with Crippen LogP contribution < -0.4 is 14.8 Å². The zero-order valence-corrected chi connectivity index (χ0v) is 12.9. The van der Waals surface area contributed by atoms with Crippen molar-refractivity contribution in [3.63, 3.8) is 0 Å². The molecule has 21 heavy (non-hydrogen) atoms. The van der Waals surface area contributed by atoms with Crippen molar-refractivity contribution in [2.45, 2.75) is 6.04 Å². The molecule has 2 aromatic rings. The van der Waals surface area contributed by atoms with E-state index in [1.54, 1.807) is 32.4 Å². The Bertz CT molecular complexity index is 634. The quantitative estimate of drug-likeness (QED) is 0.911. The number of halogens is 2. The molecule has 1 unspecified atom stereocenters. The molecule has 0 aliphatic heterocycles. The lowest BCUT2D eigenvalue weighted by atomic mass is 9.97. The molecule has 1 atom stereocenters. The van der Waals surface area contributed by atoms with Crippen LogP contribution in [0.3, 0.4) is 0 Å². The van der Waals surface area contributed by atoms with E-state index < -0.39 is 5.82 Å². The zero-order chi connectivity index (χ0) is 15.4. The summed E-state index contributed by atoms with van der Waals surface area (Å²) in [4.78, 5) is 0. The van der Waals surface area contributed by atoms with Crippen molar-refractivity contribution < 1.29 is 13.9 Å². The first-order valence-corrected chi connectivity index (χ1v) is 6.82. The van der Waals surface area contributed by atoms with Crippen LogP contribution in [0, 0.1) is 5.82 Å². The summed E-state index contributed by atoms with van der Waals surface area (Å²) in [6, 6.07) is 10.1. The van der Waals surface area contributed by atoms with E-state index in [0.717, 1.165) is 11.1 Å². The van der Waals surface area contributed by atoms with Gasteiger partial charge < -0.3 is 14.8 Å². The summed E-state index contributed by atoms with van der Waals surface area (Å²) in [7, 11) is 4.83. The van der Waals surface area contributed by atoms with Crippen LogP contribution >= 0.6 is 11.6 Å². The van der Waals surface area contributed by atoms with Crippen LogP contribution in [-0.4, -0.2) is 21.3 Å². The lowest BCUT2D eigenvalue weighted by molar-refractivity contribution is 0.385. The minimum absolute atomic E-state index is 0.211. The molecule has 0 heterocycles. The van der Waals surface area contributed by atoms with E-state index in [1.165, 1.54) is 13.2 Å². The van der Waals surface area contributed by atoms with Crippen molar-refractivity contribution in [3.8, 4) is 11.5 Å². The Morgan fingerprint density at radius 3 is 2.33 bits per heavy atom. The van der Waals surface area contributed by atoms with Gasteiger partial charge in [-0.3, -0.25) is 0 Å². The Labute approximate surface area is 128 Å². The molecular weight excluding hydrogens is 293 g/mol. The summed E-state index contributed by atoms with van der Waals surface area (Å²) in [6.45, 7) is 0. The van der Waals surface area contributed by atoms with Gasteiger partial charge >= 0.3 is 0 Å². The van der Waals surface area contributed by atoms with Gasteiger partial charge in [-0.2, -0.15) is 0 Å². The lowest BCUT2D eigenvalue weighted by Gasteiger charge is -2.20. The van der Waals surface area contributed by atoms with E-state index in [9.17, 15) is 4.39 Å². The molecule has 0 aliphatic carbocycles. The Hall–Kier alpha value is -1.78. The van der Waals surface area contributed by atoms with E-state index in [0.29, 0.717) is 10.8 Å². The predicted octanol–water partition coefficient (Wildman–Crippen LogP) is 3.81. The van der Waals surface area contributed by atoms with Gasteiger partial charge in [0.2, 0.25) is 0 Å². The second-order valence-corrected chi connectivity index (χ2v) is 4.94. The Morgan fingerprint density at radius 1 is 1.05 bits per heavy atom. The number of hydrogen-bond donors (Lipinski definition) is 1. The summed E-state index contributed by atoms with van der Waals surface area (Å²) >= 11 is 5.98. The molecule has 0 saturated carbocycles. The topological polar surface area (TPSA) is 30.5 Å². The molecule has 0 amide bonds. The maximum Gasteiger partial charge on any atom is 0.165 e. The highest BCUT2D eigenvalue weighted by Crippen LogP contribution is 2.33. The molecular formula is C16H17ClFNO2. The fourth-order valence-electron chi connectivity index (χ4n) is 2.29. The summed E-state index contributed by atoms with van der Waals surface area (Å²) in [5, 5.41) is 3.75. The third-order valence-electron chi connectivity index (χ3n) is 3.30. The fourth-order valence-corrected chi connectivity index (χ4v) is 2.45. The number of rotatable bonds is 5. The van der Waals surface area contributed by atoms with E-state index in [-0.39, 0.29) is 11.8 Å². The summed E-state index contributed by atoms with van der Waals surface area (Å²) in [6.07, 6.45) is 0. The second-order valence-electron chi connectivity index (χ2n) is 4.50. The molecule has 0 radical (unpaired) electrons. The van der Waals surface area contributed by atoms with Crippen LogP contribution in [-0.2, 0) is 0 Å². The van der Waals surface area contributed by atoms with Gasteiger partial charge in [0, 0.05) is 10.6 Å². The van der Waals surface area contributed by atoms with E-state index in [2.05, 4.69) is 5.32 Å². The van der Waals surface area contributed by atoms with Crippen LogP contribution in [0.1, 0.15) is 17.2 Å². The molecule has 0 fully saturated rings. The summed E-state index contributed by atoms with van der Waals surface area (Å²) in [5.74, 6) is 0.470. The monoisotopic (exact) mass is 309 g/mol. The average Bonchev–Trinajstić information content (AvgIpc) is 2.49. The number of nitrogens with one attached hydrogen (secondary N) is 1. The first-order valence-electron chi connectivity index (χ1n) is 6.44. The van der Waals surface area contributed by atoms with Gasteiger partial charge in [-0.15, -0.1) is 0 Å². The zero-order valence-electron chi connectivity index (χ0n) is 12.1. The minimum Gasteiger partial charge on any atom is -0.496 e. The normalized spacial score (nSPS) is 12.0.